The molecule has 4 atom stereocenters. The predicted octanol–water partition coefficient (Wildman–Crippen LogP) is 1.99. The van der Waals surface area contributed by atoms with E-state index in [0.29, 0.717) is 24.4 Å². The Bertz CT molecular complexity index is 1060. The van der Waals surface area contributed by atoms with Crippen molar-refractivity contribution in [3.63, 3.8) is 0 Å². The van der Waals surface area contributed by atoms with Crippen molar-refractivity contribution in [2.24, 2.45) is 0 Å². The summed E-state index contributed by atoms with van der Waals surface area (Å²) in [5.41, 5.74) is 2.15. The fourth-order valence-electron chi connectivity index (χ4n) is 4.29. The van der Waals surface area contributed by atoms with E-state index in [0.717, 1.165) is 11.1 Å². The second-order valence-corrected chi connectivity index (χ2v) is 8.17. The maximum Gasteiger partial charge on any atom is 0.407 e. The summed E-state index contributed by atoms with van der Waals surface area (Å²) in [5, 5.41) is 19.6. The van der Waals surface area contributed by atoms with Crippen LogP contribution in [0.15, 0.2) is 60.2 Å². The van der Waals surface area contributed by atoms with Crippen LogP contribution in [0.1, 0.15) is 24.0 Å². The highest BCUT2D eigenvalue weighted by Gasteiger charge is 2.48. The van der Waals surface area contributed by atoms with E-state index in [-0.39, 0.29) is 24.9 Å². The molecule has 34 heavy (non-hydrogen) atoms. The fraction of sp³-hybridized carbons (Fsp3) is 0.360. The molecule has 9 heteroatoms. The minimum atomic E-state index is -0.907. The Hall–Kier alpha value is -3.43. The summed E-state index contributed by atoms with van der Waals surface area (Å²) in [5.74, 6) is -0.444. The summed E-state index contributed by atoms with van der Waals surface area (Å²) in [7, 11) is 0. The molecule has 180 valence electrons. The molecular formula is C25H28FN3O5. The molecule has 0 aromatic heterocycles. The van der Waals surface area contributed by atoms with Gasteiger partial charge in [0.2, 0.25) is 5.91 Å². The van der Waals surface area contributed by atoms with Gasteiger partial charge in [0.15, 0.2) is 0 Å². The molecular weight excluding hydrogens is 441 g/mol. The molecule has 2 aliphatic rings. The number of halogens is 1. The van der Waals surface area contributed by atoms with Crippen molar-refractivity contribution in [1.82, 2.24) is 16.0 Å². The number of hydrogen-bond acceptors (Lipinski definition) is 6. The minimum absolute atomic E-state index is 0.0287. The van der Waals surface area contributed by atoms with Crippen LogP contribution in [0.4, 0.5) is 9.18 Å². The second kappa shape index (κ2) is 10.7. The molecule has 2 aromatic carbocycles. The Kier molecular flexibility index (Phi) is 7.44. The molecule has 0 radical (unpaired) electrons. The standard InChI is InChI=1S/C25H28FN3O5/c1-2-27-25(32)33-12-11-28-24(31)18-13-19(29-14-15-7-9-16(26)10-8-15)22(30)23-21(18)17-5-3-4-6-20(17)34-23/h3-10,13,19,21-23,29-30H,2,11-12,14H2,1H3,(H,27,32)(H,28,31)/t19-,21+,22+,23+/m1/s1. The third kappa shape index (κ3) is 5.21. The van der Waals surface area contributed by atoms with Gasteiger partial charge in [-0.05, 0) is 30.7 Å². The first-order valence-electron chi connectivity index (χ1n) is 11.3. The zero-order valence-electron chi connectivity index (χ0n) is 18.8. The Morgan fingerprint density at radius 3 is 2.65 bits per heavy atom. The van der Waals surface area contributed by atoms with Crippen LogP contribution < -0.4 is 20.7 Å². The van der Waals surface area contributed by atoms with E-state index >= 15 is 0 Å². The van der Waals surface area contributed by atoms with Gasteiger partial charge in [-0.2, -0.15) is 0 Å². The molecule has 8 nitrogen and oxygen atoms in total. The number of aliphatic hydroxyl groups is 1. The van der Waals surface area contributed by atoms with Crippen molar-refractivity contribution in [3.05, 3.63) is 77.1 Å². The third-order valence-electron chi connectivity index (χ3n) is 5.90. The third-order valence-corrected chi connectivity index (χ3v) is 5.90. The first kappa shape index (κ1) is 23.7. The van der Waals surface area contributed by atoms with Crippen LogP contribution in [0.3, 0.4) is 0 Å². The molecule has 1 aliphatic carbocycles. The molecule has 0 unspecified atom stereocenters. The Morgan fingerprint density at radius 1 is 1.12 bits per heavy atom. The first-order chi connectivity index (χ1) is 16.5. The SMILES string of the molecule is CCNC(=O)OCCNC(=O)C1=C[C@@H](NCc2ccc(F)cc2)[C@H](O)[C@H]2Oc3ccccc3[C@@H]12. The molecule has 4 N–H and O–H groups in total. The number of rotatable bonds is 8. The van der Waals surface area contributed by atoms with Gasteiger partial charge in [-0.15, -0.1) is 0 Å². The molecule has 2 aromatic rings. The maximum absolute atomic E-state index is 13.2. The molecule has 4 rings (SSSR count). The number of benzene rings is 2. The van der Waals surface area contributed by atoms with E-state index in [9.17, 15) is 19.1 Å². The lowest BCUT2D eigenvalue weighted by molar-refractivity contribution is -0.118. The number of aliphatic hydroxyl groups excluding tert-OH is 1. The molecule has 1 heterocycles. The van der Waals surface area contributed by atoms with Crippen molar-refractivity contribution < 1.29 is 28.6 Å². The van der Waals surface area contributed by atoms with Crippen molar-refractivity contribution in [2.75, 3.05) is 19.7 Å². The van der Waals surface area contributed by atoms with E-state index in [4.69, 9.17) is 9.47 Å². The Labute approximate surface area is 197 Å². The lowest BCUT2D eigenvalue weighted by Gasteiger charge is -2.35. The lowest BCUT2D eigenvalue weighted by Crippen LogP contribution is -2.52. The predicted molar refractivity (Wildman–Crippen MR) is 123 cm³/mol. The average molecular weight is 470 g/mol. The second-order valence-electron chi connectivity index (χ2n) is 8.17. The van der Waals surface area contributed by atoms with Crippen LogP contribution in [0.25, 0.3) is 0 Å². The summed E-state index contributed by atoms with van der Waals surface area (Å²) in [6, 6.07) is 12.9. The number of hydrogen-bond donors (Lipinski definition) is 4. The number of fused-ring (bicyclic) bond motifs is 3. The van der Waals surface area contributed by atoms with Crippen molar-refractivity contribution in [2.45, 2.75) is 37.6 Å². The van der Waals surface area contributed by atoms with Gasteiger partial charge in [-0.25, -0.2) is 9.18 Å². The van der Waals surface area contributed by atoms with Crippen LogP contribution >= 0.6 is 0 Å². The largest absolute Gasteiger partial charge is 0.486 e. The van der Waals surface area contributed by atoms with Crippen molar-refractivity contribution >= 4 is 12.0 Å². The summed E-state index contributed by atoms with van der Waals surface area (Å²) >= 11 is 0. The smallest absolute Gasteiger partial charge is 0.407 e. The van der Waals surface area contributed by atoms with Crippen LogP contribution in [-0.2, 0) is 16.1 Å². The van der Waals surface area contributed by atoms with Gasteiger partial charge in [0.1, 0.15) is 30.4 Å². The first-order valence-corrected chi connectivity index (χ1v) is 11.3. The van der Waals surface area contributed by atoms with Gasteiger partial charge in [-0.3, -0.25) is 4.79 Å². The van der Waals surface area contributed by atoms with Gasteiger partial charge in [0.05, 0.1) is 18.5 Å². The number of nitrogens with one attached hydrogen (secondary N) is 3. The highest BCUT2D eigenvalue weighted by atomic mass is 19.1. The van der Waals surface area contributed by atoms with Crippen LogP contribution in [0.2, 0.25) is 0 Å². The molecule has 0 bridgehead atoms. The zero-order valence-corrected chi connectivity index (χ0v) is 18.8. The topological polar surface area (TPSA) is 109 Å². The molecule has 0 spiro atoms. The molecule has 0 saturated heterocycles. The zero-order chi connectivity index (χ0) is 24.1. The van der Waals surface area contributed by atoms with Gasteiger partial charge < -0.3 is 30.5 Å². The van der Waals surface area contributed by atoms with Gasteiger partial charge in [0, 0.05) is 24.2 Å². The number of ether oxygens (including phenoxy) is 2. The van der Waals surface area contributed by atoms with Gasteiger partial charge >= 0.3 is 6.09 Å². The average Bonchev–Trinajstić information content (AvgIpc) is 3.23. The quantitative estimate of drug-likeness (QED) is 0.441. The minimum Gasteiger partial charge on any atom is -0.486 e. The number of para-hydroxylation sites is 1. The van der Waals surface area contributed by atoms with Crippen LogP contribution in [0, 0.1) is 5.82 Å². The van der Waals surface area contributed by atoms with E-state index in [1.54, 1.807) is 25.1 Å². The number of carbonyl (C=O) groups is 2. The van der Waals surface area contributed by atoms with Crippen LogP contribution in [0.5, 0.6) is 5.75 Å². The molecule has 0 saturated carbocycles. The van der Waals surface area contributed by atoms with Gasteiger partial charge in [-0.1, -0.05) is 36.4 Å². The highest BCUT2D eigenvalue weighted by molar-refractivity contribution is 5.96. The number of carbonyl (C=O) groups excluding carboxylic acids is 2. The van der Waals surface area contributed by atoms with E-state index < -0.39 is 30.3 Å². The number of amides is 2. The van der Waals surface area contributed by atoms with Crippen molar-refractivity contribution in [1.29, 1.82) is 0 Å². The summed E-state index contributed by atoms with van der Waals surface area (Å²) in [4.78, 5) is 24.6. The normalized spacial score (nSPS) is 22.6. The van der Waals surface area contributed by atoms with Crippen LogP contribution in [-0.4, -0.2) is 55.1 Å². The highest BCUT2D eigenvalue weighted by Crippen LogP contribution is 2.46. The fourth-order valence-corrected chi connectivity index (χ4v) is 4.29. The van der Waals surface area contributed by atoms with Crippen molar-refractivity contribution in [3.8, 4) is 5.75 Å². The molecule has 1 aliphatic heterocycles. The van der Waals surface area contributed by atoms with Gasteiger partial charge in [0.25, 0.3) is 0 Å². The van der Waals surface area contributed by atoms with E-state index in [1.807, 2.05) is 24.3 Å². The Morgan fingerprint density at radius 2 is 1.88 bits per heavy atom. The monoisotopic (exact) mass is 469 g/mol. The number of alkyl carbamates (subject to hydrolysis) is 1. The summed E-state index contributed by atoms with van der Waals surface area (Å²) < 4.78 is 24.3. The summed E-state index contributed by atoms with van der Waals surface area (Å²) in [6.07, 6.45) is -0.364. The molecule has 2 amide bonds. The lowest BCUT2D eigenvalue weighted by atomic mass is 9.78. The van der Waals surface area contributed by atoms with E-state index in [1.165, 1.54) is 12.1 Å². The summed E-state index contributed by atoms with van der Waals surface area (Å²) in [6.45, 7) is 2.78. The Balaban J connectivity index is 1.49. The molecule has 0 fully saturated rings. The maximum atomic E-state index is 13.2. The van der Waals surface area contributed by atoms with E-state index in [2.05, 4.69) is 16.0 Å².